The van der Waals surface area contributed by atoms with Crippen LogP contribution in [0.5, 0.6) is 0 Å². The predicted octanol–water partition coefficient (Wildman–Crippen LogP) is 3.51. The van der Waals surface area contributed by atoms with E-state index in [1.165, 1.54) is 11.3 Å². The lowest BCUT2D eigenvalue weighted by atomic mass is 10.2. The van der Waals surface area contributed by atoms with Crippen molar-refractivity contribution in [2.24, 2.45) is 0 Å². The maximum Gasteiger partial charge on any atom is 0.207 e. The summed E-state index contributed by atoms with van der Waals surface area (Å²) in [4.78, 5) is 0. The van der Waals surface area contributed by atoms with Crippen LogP contribution in [0.25, 0.3) is 10.6 Å². The summed E-state index contributed by atoms with van der Waals surface area (Å²) in [6.07, 6.45) is 0. The van der Waals surface area contributed by atoms with Gasteiger partial charge in [0.1, 0.15) is 5.01 Å². The highest BCUT2D eigenvalue weighted by atomic mass is 35.5. The molecule has 0 aliphatic rings. The van der Waals surface area contributed by atoms with Gasteiger partial charge in [-0.3, -0.25) is 0 Å². The van der Waals surface area contributed by atoms with Crippen molar-refractivity contribution in [1.82, 2.24) is 10.2 Å². The molecule has 0 atom stereocenters. The topological polar surface area (TPSA) is 25.8 Å². The van der Waals surface area contributed by atoms with Crippen LogP contribution in [0.15, 0.2) is 24.3 Å². The molecule has 0 amide bonds. The zero-order chi connectivity index (χ0) is 9.26. The van der Waals surface area contributed by atoms with E-state index in [1.54, 1.807) is 0 Å². The Morgan fingerprint density at radius 2 is 1.85 bits per heavy atom. The summed E-state index contributed by atoms with van der Waals surface area (Å²) in [5.74, 6) is 0. The van der Waals surface area contributed by atoms with Crippen molar-refractivity contribution >= 4 is 34.5 Å². The highest BCUT2D eigenvalue weighted by Gasteiger charge is 2.07. The second-order valence-corrected chi connectivity index (χ2v) is 4.31. The number of aromatic nitrogens is 2. The van der Waals surface area contributed by atoms with Crippen LogP contribution in [0.2, 0.25) is 9.49 Å². The molecule has 0 bridgehead atoms. The van der Waals surface area contributed by atoms with Crippen LogP contribution < -0.4 is 0 Å². The largest absolute Gasteiger partial charge is 0.207 e. The summed E-state index contributed by atoms with van der Waals surface area (Å²) in [5, 5.41) is 9.02. The smallest absolute Gasteiger partial charge is 0.137 e. The lowest BCUT2D eigenvalue weighted by molar-refractivity contribution is 1.10. The average molecular weight is 231 g/mol. The van der Waals surface area contributed by atoms with Crippen LogP contribution in [0.4, 0.5) is 0 Å². The van der Waals surface area contributed by atoms with Gasteiger partial charge in [-0.25, -0.2) is 0 Å². The monoisotopic (exact) mass is 230 g/mol. The molecule has 0 radical (unpaired) electrons. The van der Waals surface area contributed by atoms with Gasteiger partial charge in [0.05, 0.1) is 5.02 Å². The summed E-state index contributed by atoms with van der Waals surface area (Å²) in [6.45, 7) is 0. The zero-order valence-electron chi connectivity index (χ0n) is 6.37. The van der Waals surface area contributed by atoms with Gasteiger partial charge >= 0.3 is 0 Å². The molecule has 0 saturated heterocycles. The number of halogens is 2. The van der Waals surface area contributed by atoms with Crippen molar-refractivity contribution < 1.29 is 0 Å². The third kappa shape index (κ3) is 1.82. The summed E-state index contributed by atoms with van der Waals surface area (Å²) < 4.78 is 0.426. The minimum Gasteiger partial charge on any atom is -0.137 e. The van der Waals surface area contributed by atoms with Crippen LogP contribution in [-0.4, -0.2) is 10.2 Å². The van der Waals surface area contributed by atoms with Gasteiger partial charge in [0, 0.05) is 5.56 Å². The first kappa shape index (κ1) is 8.94. The number of benzene rings is 1. The van der Waals surface area contributed by atoms with E-state index in [9.17, 15) is 0 Å². The third-order valence-corrected chi connectivity index (χ3v) is 2.89. The van der Waals surface area contributed by atoms with Crippen molar-refractivity contribution in [3.63, 3.8) is 0 Å². The number of hydrogen-bond donors (Lipinski definition) is 0. The van der Waals surface area contributed by atoms with E-state index < -0.39 is 0 Å². The van der Waals surface area contributed by atoms with Gasteiger partial charge in [0.25, 0.3) is 0 Å². The number of nitrogens with zero attached hydrogens (tertiary/aromatic N) is 2. The number of hydrogen-bond acceptors (Lipinski definition) is 3. The Hall–Kier alpha value is -0.640. The lowest BCUT2D eigenvalue weighted by Gasteiger charge is -1.96. The standard InChI is InChI=1S/C8H4Cl2N2S/c9-6-4-2-1-3-5(6)7-11-12-8(10)13-7/h1-4H. The van der Waals surface area contributed by atoms with Crippen molar-refractivity contribution in [2.75, 3.05) is 0 Å². The van der Waals surface area contributed by atoms with Gasteiger partial charge in [-0.2, -0.15) is 0 Å². The molecule has 0 N–H and O–H groups in total. The summed E-state index contributed by atoms with van der Waals surface area (Å²) in [7, 11) is 0. The fraction of sp³-hybridized carbons (Fsp3) is 0. The van der Waals surface area contributed by atoms with Crippen LogP contribution in [-0.2, 0) is 0 Å². The Balaban J connectivity index is 2.52. The van der Waals surface area contributed by atoms with E-state index in [2.05, 4.69) is 10.2 Å². The minimum absolute atomic E-state index is 0.426. The second-order valence-electron chi connectivity index (χ2n) is 2.34. The molecule has 1 aromatic carbocycles. The third-order valence-electron chi connectivity index (χ3n) is 1.50. The van der Waals surface area contributed by atoms with Crippen LogP contribution in [0, 0.1) is 0 Å². The first-order valence-corrected chi connectivity index (χ1v) is 5.08. The molecule has 5 heteroatoms. The SMILES string of the molecule is Clc1nnc(-c2ccccc2Cl)s1. The molecule has 0 aliphatic carbocycles. The maximum atomic E-state index is 5.96. The molecule has 1 heterocycles. The van der Waals surface area contributed by atoms with Crippen molar-refractivity contribution in [2.45, 2.75) is 0 Å². The number of rotatable bonds is 1. The van der Waals surface area contributed by atoms with Gasteiger partial charge in [0.2, 0.25) is 4.47 Å². The molecule has 0 unspecified atom stereocenters. The molecular weight excluding hydrogens is 227 g/mol. The Kier molecular flexibility index (Phi) is 2.49. The van der Waals surface area contributed by atoms with Crippen molar-refractivity contribution in [3.05, 3.63) is 33.8 Å². The highest BCUT2D eigenvalue weighted by Crippen LogP contribution is 2.31. The normalized spacial score (nSPS) is 10.3. The van der Waals surface area contributed by atoms with Gasteiger partial charge in [0.15, 0.2) is 0 Å². The van der Waals surface area contributed by atoms with Gasteiger partial charge < -0.3 is 0 Å². The van der Waals surface area contributed by atoms with E-state index >= 15 is 0 Å². The lowest BCUT2D eigenvalue weighted by Crippen LogP contribution is -1.77. The second kappa shape index (κ2) is 3.62. The predicted molar refractivity (Wildman–Crippen MR) is 55.4 cm³/mol. The molecule has 2 nitrogen and oxygen atoms in total. The highest BCUT2D eigenvalue weighted by molar-refractivity contribution is 7.18. The maximum absolute atomic E-state index is 5.96. The molecule has 0 saturated carbocycles. The molecule has 0 fully saturated rings. The molecule has 66 valence electrons. The Bertz CT molecular complexity index is 428. The first-order valence-electron chi connectivity index (χ1n) is 3.51. The van der Waals surface area contributed by atoms with Gasteiger partial charge in [-0.1, -0.05) is 41.1 Å². The molecule has 13 heavy (non-hydrogen) atoms. The molecule has 1 aromatic heterocycles. The molecule has 0 aliphatic heterocycles. The van der Waals surface area contributed by atoms with E-state index in [1.807, 2.05) is 24.3 Å². The summed E-state index contributed by atoms with van der Waals surface area (Å²) in [6, 6.07) is 7.47. The van der Waals surface area contributed by atoms with Crippen LogP contribution >= 0.6 is 34.5 Å². The van der Waals surface area contributed by atoms with E-state index in [4.69, 9.17) is 23.2 Å². The average Bonchev–Trinajstić information content (AvgIpc) is 2.53. The molecule has 0 spiro atoms. The summed E-state index contributed by atoms with van der Waals surface area (Å²) >= 11 is 12.9. The molecule has 2 rings (SSSR count). The van der Waals surface area contributed by atoms with Crippen LogP contribution in [0.3, 0.4) is 0 Å². The molecular formula is C8H4Cl2N2S. The Labute approximate surface area is 89.1 Å². The molecule has 2 aromatic rings. The quantitative estimate of drug-likeness (QED) is 0.750. The first-order chi connectivity index (χ1) is 6.27. The van der Waals surface area contributed by atoms with Crippen molar-refractivity contribution in [1.29, 1.82) is 0 Å². The fourth-order valence-corrected chi connectivity index (χ4v) is 2.10. The van der Waals surface area contributed by atoms with Gasteiger partial charge in [-0.05, 0) is 17.7 Å². The zero-order valence-corrected chi connectivity index (χ0v) is 8.70. The fourth-order valence-electron chi connectivity index (χ4n) is 0.949. The van der Waals surface area contributed by atoms with Gasteiger partial charge in [-0.15, -0.1) is 10.2 Å². The van der Waals surface area contributed by atoms with Crippen LogP contribution in [0.1, 0.15) is 0 Å². The van der Waals surface area contributed by atoms with E-state index in [0.29, 0.717) is 9.49 Å². The van der Waals surface area contributed by atoms with E-state index in [0.717, 1.165) is 10.6 Å². The minimum atomic E-state index is 0.426. The summed E-state index contributed by atoms with van der Waals surface area (Å²) in [5.41, 5.74) is 0.869. The van der Waals surface area contributed by atoms with Crippen molar-refractivity contribution in [3.8, 4) is 10.6 Å². The Morgan fingerprint density at radius 3 is 2.46 bits per heavy atom. The Morgan fingerprint density at radius 1 is 1.08 bits per heavy atom. The van der Waals surface area contributed by atoms with E-state index in [-0.39, 0.29) is 0 Å².